The van der Waals surface area contributed by atoms with Gasteiger partial charge in [0.05, 0.1) is 7.11 Å². The van der Waals surface area contributed by atoms with Crippen molar-refractivity contribution in [3.63, 3.8) is 0 Å². The van der Waals surface area contributed by atoms with Crippen LogP contribution in [0.15, 0.2) is 42.5 Å². The van der Waals surface area contributed by atoms with Crippen molar-refractivity contribution in [3.05, 3.63) is 42.5 Å². The van der Waals surface area contributed by atoms with Gasteiger partial charge >= 0.3 is 5.97 Å². The van der Waals surface area contributed by atoms with Gasteiger partial charge in [0.2, 0.25) is 0 Å². The van der Waals surface area contributed by atoms with Crippen LogP contribution in [-0.2, 0) is 9.53 Å². The second-order valence-corrected chi connectivity index (χ2v) is 5.22. The summed E-state index contributed by atoms with van der Waals surface area (Å²) in [6.45, 7) is 4.20. The van der Waals surface area contributed by atoms with Gasteiger partial charge in [0.25, 0.3) is 0 Å². The molecule has 2 aromatic rings. The van der Waals surface area contributed by atoms with Crippen molar-refractivity contribution in [1.82, 2.24) is 5.32 Å². The number of fused-ring (bicyclic) bond motifs is 1. The Morgan fingerprint density at radius 1 is 1.14 bits per heavy atom. The van der Waals surface area contributed by atoms with Gasteiger partial charge in [-0.05, 0) is 22.9 Å². The number of hydrogen-bond acceptors (Lipinski definition) is 4. The van der Waals surface area contributed by atoms with Crippen LogP contribution in [0.1, 0.15) is 13.8 Å². The van der Waals surface area contributed by atoms with Gasteiger partial charge in [-0.2, -0.15) is 0 Å². The minimum atomic E-state index is -0.471. The van der Waals surface area contributed by atoms with Crippen molar-refractivity contribution in [1.29, 1.82) is 0 Å². The maximum Gasteiger partial charge on any atom is 0.326 e. The Morgan fingerprint density at radius 2 is 1.86 bits per heavy atom. The van der Waals surface area contributed by atoms with Crippen LogP contribution in [0.5, 0.6) is 5.75 Å². The second kappa shape index (κ2) is 7.09. The SMILES string of the molecule is COC(=O)C(COc1ccc2ccccc2c1)NC(C)C. The number of rotatable bonds is 6. The number of esters is 1. The number of nitrogens with one attached hydrogen (secondary N) is 1. The van der Waals surface area contributed by atoms with Crippen LogP contribution in [0.2, 0.25) is 0 Å². The van der Waals surface area contributed by atoms with E-state index in [1.165, 1.54) is 7.11 Å². The molecule has 1 N–H and O–H groups in total. The molecule has 0 aliphatic heterocycles. The maximum absolute atomic E-state index is 11.7. The van der Waals surface area contributed by atoms with Crippen LogP contribution >= 0.6 is 0 Å². The van der Waals surface area contributed by atoms with E-state index in [0.717, 1.165) is 16.5 Å². The third-order valence-corrected chi connectivity index (χ3v) is 3.16. The molecule has 2 aromatic carbocycles. The van der Waals surface area contributed by atoms with Crippen molar-refractivity contribution in [2.24, 2.45) is 0 Å². The molecule has 0 spiro atoms. The number of ether oxygens (including phenoxy) is 2. The Hall–Kier alpha value is -2.07. The summed E-state index contributed by atoms with van der Waals surface area (Å²) < 4.78 is 10.5. The monoisotopic (exact) mass is 287 g/mol. The van der Waals surface area contributed by atoms with Crippen LogP contribution in [0, 0.1) is 0 Å². The first kappa shape index (κ1) is 15.3. The largest absolute Gasteiger partial charge is 0.491 e. The lowest BCUT2D eigenvalue weighted by Crippen LogP contribution is -2.45. The lowest BCUT2D eigenvalue weighted by Gasteiger charge is -2.19. The standard InChI is InChI=1S/C17H21NO3/c1-12(2)18-16(17(19)20-3)11-21-15-9-8-13-6-4-5-7-14(13)10-15/h4-10,12,16,18H,11H2,1-3H3. The van der Waals surface area contributed by atoms with Gasteiger partial charge in [-0.1, -0.05) is 44.2 Å². The molecule has 0 aliphatic carbocycles. The molecule has 112 valence electrons. The van der Waals surface area contributed by atoms with Gasteiger partial charge in [0, 0.05) is 6.04 Å². The van der Waals surface area contributed by atoms with Crippen LogP contribution < -0.4 is 10.1 Å². The Morgan fingerprint density at radius 3 is 2.52 bits per heavy atom. The maximum atomic E-state index is 11.7. The molecule has 0 aromatic heterocycles. The molecule has 4 nitrogen and oxygen atoms in total. The van der Waals surface area contributed by atoms with Gasteiger partial charge in [-0.15, -0.1) is 0 Å². The lowest BCUT2D eigenvalue weighted by molar-refractivity contribution is -0.144. The van der Waals surface area contributed by atoms with E-state index >= 15 is 0 Å². The Balaban J connectivity index is 2.06. The van der Waals surface area contributed by atoms with Crippen molar-refractivity contribution >= 4 is 16.7 Å². The van der Waals surface area contributed by atoms with Crippen molar-refractivity contribution in [2.75, 3.05) is 13.7 Å². The van der Waals surface area contributed by atoms with E-state index in [-0.39, 0.29) is 18.6 Å². The zero-order valence-corrected chi connectivity index (χ0v) is 12.6. The molecular formula is C17H21NO3. The third-order valence-electron chi connectivity index (χ3n) is 3.16. The number of benzene rings is 2. The fourth-order valence-corrected chi connectivity index (χ4v) is 2.17. The summed E-state index contributed by atoms with van der Waals surface area (Å²) in [6.07, 6.45) is 0. The second-order valence-electron chi connectivity index (χ2n) is 5.22. The average molecular weight is 287 g/mol. The number of methoxy groups -OCH3 is 1. The minimum Gasteiger partial charge on any atom is -0.491 e. The van der Waals surface area contributed by atoms with Crippen molar-refractivity contribution in [2.45, 2.75) is 25.9 Å². The molecule has 0 saturated carbocycles. The summed E-state index contributed by atoms with van der Waals surface area (Å²) in [4.78, 5) is 11.7. The molecule has 21 heavy (non-hydrogen) atoms. The van der Waals surface area contributed by atoms with Crippen molar-refractivity contribution < 1.29 is 14.3 Å². The smallest absolute Gasteiger partial charge is 0.326 e. The van der Waals surface area contributed by atoms with Gasteiger partial charge in [0.15, 0.2) is 0 Å². The molecule has 4 heteroatoms. The zero-order chi connectivity index (χ0) is 15.2. The summed E-state index contributed by atoms with van der Waals surface area (Å²) in [5, 5.41) is 5.41. The van der Waals surface area contributed by atoms with E-state index in [4.69, 9.17) is 9.47 Å². The van der Waals surface area contributed by atoms with E-state index in [1.54, 1.807) is 0 Å². The first-order valence-electron chi connectivity index (χ1n) is 7.05. The number of hydrogen-bond donors (Lipinski definition) is 1. The molecule has 0 radical (unpaired) electrons. The van der Waals surface area contributed by atoms with Crippen molar-refractivity contribution in [3.8, 4) is 5.75 Å². The predicted octanol–water partition coefficient (Wildman–Crippen LogP) is 2.76. The highest BCUT2D eigenvalue weighted by Crippen LogP contribution is 2.20. The topological polar surface area (TPSA) is 47.6 Å². The molecule has 1 atom stereocenters. The highest BCUT2D eigenvalue weighted by Gasteiger charge is 2.20. The van der Waals surface area contributed by atoms with Gasteiger partial charge in [0.1, 0.15) is 18.4 Å². The predicted molar refractivity (Wildman–Crippen MR) is 83.5 cm³/mol. The molecule has 0 aliphatic rings. The zero-order valence-electron chi connectivity index (χ0n) is 12.6. The molecule has 0 heterocycles. The molecule has 0 amide bonds. The van der Waals surface area contributed by atoms with Gasteiger partial charge < -0.3 is 9.47 Å². The van der Waals surface area contributed by atoms with E-state index in [9.17, 15) is 4.79 Å². The molecule has 0 saturated heterocycles. The lowest BCUT2D eigenvalue weighted by atomic mass is 10.1. The van der Waals surface area contributed by atoms with Crippen LogP contribution in [0.3, 0.4) is 0 Å². The Labute approximate surface area is 125 Å². The number of carbonyl (C=O) groups is 1. The fraction of sp³-hybridized carbons (Fsp3) is 0.353. The summed E-state index contributed by atoms with van der Waals surface area (Å²) in [5.41, 5.74) is 0. The molecule has 0 bridgehead atoms. The van der Waals surface area contributed by atoms with Crippen LogP contribution in [0.4, 0.5) is 0 Å². The van der Waals surface area contributed by atoms with Gasteiger partial charge in [-0.3, -0.25) is 10.1 Å². The average Bonchev–Trinajstić information content (AvgIpc) is 2.50. The molecular weight excluding hydrogens is 266 g/mol. The Bertz CT molecular complexity index is 610. The first-order chi connectivity index (χ1) is 10.1. The molecule has 1 unspecified atom stereocenters. The summed E-state index contributed by atoms with van der Waals surface area (Å²) >= 11 is 0. The molecule has 0 fully saturated rings. The summed E-state index contributed by atoms with van der Waals surface area (Å²) in [6, 6.07) is 13.7. The van der Waals surface area contributed by atoms with Crippen LogP contribution in [-0.4, -0.2) is 31.8 Å². The van der Waals surface area contributed by atoms with Crippen LogP contribution in [0.25, 0.3) is 10.8 Å². The van der Waals surface area contributed by atoms with E-state index in [1.807, 2.05) is 50.2 Å². The summed E-state index contributed by atoms with van der Waals surface area (Å²) in [5.74, 6) is 0.428. The molecule has 2 rings (SSSR count). The van der Waals surface area contributed by atoms with E-state index in [0.29, 0.717) is 0 Å². The minimum absolute atomic E-state index is 0.175. The highest BCUT2D eigenvalue weighted by atomic mass is 16.5. The van der Waals surface area contributed by atoms with Gasteiger partial charge in [-0.25, -0.2) is 0 Å². The quantitative estimate of drug-likeness (QED) is 0.830. The first-order valence-corrected chi connectivity index (χ1v) is 7.05. The Kier molecular flexibility index (Phi) is 5.17. The third kappa shape index (κ3) is 4.20. The fourth-order valence-electron chi connectivity index (χ4n) is 2.17. The van der Waals surface area contributed by atoms with E-state index in [2.05, 4.69) is 11.4 Å². The number of carbonyl (C=O) groups excluding carboxylic acids is 1. The highest BCUT2D eigenvalue weighted by molar-refractivity contribution is 5.83. The van der Waals surface area contributed by atoms with E-state index < -0.39 is 6.04 Å². The summed E-state index contributed by atoms with van der Waals surface area (Å²) in [7, 11) is 1.38. The normalized spacial score (nSPS) is 12.4.